The van der Waals surface area contributed by atoms with Gasteiger partial charge in [0.15, 0.2) is 11.5 Å². The molecule has 0 aliphatic carbocycles. The lowest BCUT2D eigenvalue weighted by Crippen LogP contribution is -1.81. The molecule has 2 aromatic heterocycles. The maximum atomic E-state index is 9.69. The molecule has 0 unspecified atom stereocenters. The van der Waals surface area contributed by atoms with Crippen LogP contribution in [-0.4, -0.2) is 16.3 Å². The van der Waals surface area contributed by atoms with Gasteiger partial charge in [0.25, 0.3) is 5.89 Å². The van der Waals surface area contributed by atoms with Crippen molar-refractivity contribution in [2.75, 3.05) is 0 Å². The van der Waals surface area contributed by atoms with Crippen LogP contribution in [0.3, 0.4) is 0 Å². The van der Waals surface area contributed by atoms with E-state index in [2.05, 4.69) is 25.9 Å². The van der Waals surface area contributed by atoms with Gasteiger partial charge in [0, 0.05) is 4.47 Å². The van der Waals surface area contributed by atoms with Crippen LogP contribution in [0.25, 0.3) is 11.7 Å². The van der Waals surface area contributed by atoms with Crippen molar-refractivity contribution in [2.24, 2.45) is 4.99 Å². The largest absolute Gasteiger partial charge is 0.479 e. The Balaban J connectivity index is 1.88. The van der Waals surface area contributed by atoms with E-state index in [4.69, 9.17) is 8.83 Å². The quantitative estimate of drug-likeness (QED) is 0.731. The molecule has 0 saturated heterocycles. The Bertz CT molecular complexity index is 748. The molecule has 100 valence electrons. The highest BCUT2D eigenvalue weighted by molar-refractivity contribution is 9.10. The standard InChI is InChI=1S/C14H9BrN2O3/c15-9-3-1-4-10(7-9)16-8-11-14(18)20-13(17-11)12-5-2-6-19-12/h1-8,18H. The predicted octanol–water partition coefficient (Wildman–Crippen LogP) is 4.15. The fourth-order valence-electron chi connectivity index (χ4n) is 1.61. The predicted molar refractivity (Wildman–Crippen MR) is 77.3 cm³/mol. The van der Waals surface area contributed by atoms with Crippen LogP contribution in [0, 0.1) is 0 Å². The van der Waals surface area contributed by atoms with E-state index in [9.17, 15) is 5.11 Å². The lowest BCUT2D eigenvalue weighted by atomic mass is 10.3. The van der Waals surface area contributed by atoms with Crippen LogP contribution in [0.15, 0.2) is 61.0 Å². The molecular formula is C14H9BrN2O3. The van der Waals surface area contributed by atoms with E-state index in [1.54, 1.807) is 12.1 Å². The first-order chi connectivity index (χ1) is 9.72. The summed E-state index contributed by atoms with van der Waals surface area (Å²) in [6, 6.07) is 10.9. The van der Waals surface area contributed by atoms with Crippen molar-refractivity contribution in [3.05, 3.63) is 52.8 Å². The molecule has 6 heteroatoms. The third-order valence-electron chi connectivity index (χ3n) is 2.51. The number of hydrogen-bond acceptors (Lipinski definition) is 5. The van der Waals surface area contributed by atoms with E-state index in [0.29, 0.717) is 5.76 Å². The summed E-state index contributed by atoms with van der Waals surface area (Å²) in [5, 5.41) is 9.69. The Kier molecular flexibility index (Phi) is 3.39. The highest BCUT2D eigenvalue weighted by Crippen LogP contribution is 2.26. The second-order valence-corrected chi connectivity index (χ2v) is 4.84. The Morgan fingerprint density at radius 3 is 2.90 bits per heavy atom. The highest BCUT2D eigenvalue weighted by Gasteiger charge is 2.14. The van der Waals surface area contributed by atoms with Crippen molar-refractivity contribution >= 4 is 27.8 Å². The molecule has 0 radical (unpaired) electrons. The van der Waals surface area contributed by atoms with Gasteiger partial charge in [-0.25, -0.2) is 4.98 Å². The van der Waals surface area contributed by atoms with E-state index in [1.807, 2.05) is 24.3 Å². The number of benzene rings is 1. The minimum Gasteiger partial charge on any atom is -0.479 e. The van der Waals surface area contributed by atoms with Gasteiger partial charge >= 0.3 is 5.95 Å². The van der Waals surface area contributed by atoms with Gasteiger partial charge in [0.1, 0.15) is 0 Å². The van der Waals surface area contributed by atoms with Crippen molar-refractivity contribution < 1.29 is 13.9 Å². The Morgan fingerprint density at radius 1 is 1.25 bits per heavy atom. The number of furan rings is 1. The first-order valence-corrected chi connectivity index (χ1v) is 6.55. The first kappa shape index (κ1) is 12.7. The topological polar surface area (TPSA) is 71.8 Å². The minimum absolute atomic E-state index is 0.211. The van der Waals surface area contributed by atoms with Gasteiger partial charge in [-0.3, -0.25) is 4.99 Å². The second kappa shape index (κ2) is 5.34. The van der Waals surface area contributed by atoms with Crippen LogP contribution in [0.2, 0.25) is 0 Å². The average Bonchev–Trinajstić information content (AvgIpc) is 3.06. The summed E-state index contributed by atoms with van der Waals surface area (Å²) in [4.78, 5) is 8.34. The normalized spacial score (nSPS) is 11.2. The van der Waals surface area contributed by atoms with E-state index in [1.165, 1.54) is 12.5 Å². The molecular weight excluding hydrogens is 324 g/mol. The number of hydrogen-bond donors (Lipinski definition) is 1. The molecule has 20 heavy (non-hydrogen) atoms. The molecule has 2 heterocycles. The summed E-state index contributed by atoms with van der Waals surface area (Å²) in [6.07, 6.45) is 2.94. The number of aromatic hydroxyl groups is 1. The Labute approximate surface area is 122 Å². The monoisotopic (exact) mass is 332 g/mol. The van der Waals surface area contributed by atoms with Gasteiger partial charge in [-0.05, 0) is 30.3 Å². The molecule has 5 nitrogen and oxygen atoms in total. The molecule has 0 atom stereocenters. The van der Waals surface area contributed by atoms with Crippen LogP contribution in [0.1, 0.15) is 5.69 Å². The summed E-state index contributed by atoms with van der Waals surface area (Å²) < 4.78 is 11.2. The molecule has 0 aliphatic heterocycles. The molecule has 0 spiro atoms. The molecule has 1 N–H and O–H groups in total. The molecule has 3 rings (SSSR count). The average molecular weight is 333 g/mol. The maximum absolute atomic E-state index is 9.69. The lowest BCUT2D eigenvalue weighted by Gasteiger charge is -1.92. The van der Waals surface area contributed by atoms with E-state index in [-0.39, 0.29) is 17.5 Å². The van der Waals surface area contributed by atoms with Crippen molar-refractivity contribution in [3.8, 4) is 17.6 Å². The van der Waals surface area contributed by atoms with Gasteiger partial charge in [0.05, 0.1) is 18.2 Å². The van der Waals surface area contributed by atoms with Gasteiger partial charge in [-0.2, -0.15) is 0 Å². The summed E-state index contributed by atoms with van der Waals surface area (Å²) in [5.41, 5.74) is 0.984. The maximum Gasteiger partial charge on any atom is 0.312 e. The lowest BCUT2D eigenvalue weighted by molar-refractivity contribution is 0.333. The Morgan fingerprint density at radius 2 is 2.15 bits per heavy atom. The summed E-state index contributed by atoms with van der Waals surface area (Å²) in [5.74, 6) is 0.362. The van der Waals surface area contributed by atoms with Crippen LogP contribution >= 0.6 is 15.9 Å². The van der Waals surface area contributed by atoms with Crippen LogP contribution in [-0.2, 0) is 0 Å². The molecule has 0 bridgehead atoms. The fourth-order valence-corrected chi connectivity index (χ4v) is 1.99. The number of aliphatic imine (C=N–C) groups is 1. The Hall–Kier alpha value is -2.34. The van der Waals surface area contributed by atoms with Gasteiger partial charge in [0.2, 0.25) is 0 Å². The molecule has 0 aliphatic rings. The molecule has 3 aromatic rings. The third kappa shape index (κ3) is 2.65. The number of oxazole rings is 1. The van der Waals surface area contributed by atoms with Crippen molar-refractivity contribution in [2.45, 2.75) is 0 Å². The van der Waals surface area contributed by atoms with Gasteiger partial charge in [-0.15, -0.1) is 0 Å². The van der Waals surface area contributed by atoms with Crippen LogP contribution in [0.5, 0.6) is 5.95 Å². The van der Waals surface area contributed by atoms with Crippen molar-refractivity contribution in [3.63, 3.8) is 0 Å². The van der Waals surface area contributed by atoms with Crippen molar-refractivity contribution in [1.29, 1.82) is 0 Å². The molecule has 0 saturated carbocycles. The summed E-state index contributed by atoms with van der Waals surface area (Å²) in [7, 11) is 0. The van der Waals surface area contributed by atoms with Gasteiger partial charge < -0.3 is 13.9 Å². The first-order valence-electron chi connectivity index (χ1n) is 5.76. The van der Waals surface area contributed by atoms with E-state index in [0.717, 1.165) is 10.2 Å². The zero-order valence-electron chi connectivity index (χ0n) is 10.2. The SMILES string of the molecule is Oc1oc(-c2ccco2)nc1C=Nc1cccc(Br)c1. The van der Waals surface area contributed by atoms with E-state index < -0.39 is 0 Å². The summed E-state index contributed by atoms with van der Waals surface area (Å²) >= 11 is 3.36. The van der Waals surface area contributed by atoms with Crippen LogP contribution < -0.4 is 0 Å². The molecule has 0 fully saturated rings. The number of aromatic nitrogens is 1. The number of halogens is 1. The minimum atomic E-state index is -0.296. The zero-order chi connectivity index (χ0) is 13.9. The van der Waals surface area contributed by atoms with Crippen LogP contribution in [0.4, 0.5) is 5.69 Å². The smallest absolute Gasteiger partial charge is 0.312 e. The molecule has 0 amide bonds. The zero-order valence-corrected chi connectivity index (χ0v) is 11.7. The second-order valence-electron chi connectivity index (χ2n) is 3.92. The third-order valence-corrected chi connectivity index (χ3v) is 3.00. The van der Waals surface area contributed by atoms with Gasteiger partial charge in [-0.1, -0.05) is 22.0 Å². The number of nitrogens with zero attached hydrogens (tertiary/aromatic N) is 2. The fraction of sp³-hybridized carbons (Fsp3) is 0. The molecule has 1 aromatic carbocycles. The van der Waals surface area contributed by atoms with E-state index >= 15 is 0 Å². The highest BCUT2D eigenvalue weighted by atomic mass is 79.9. The van der Waals surface area contributed by atoms with Crippen molar-refractivity contribution in [1.82, 2.24) is 4.98 Å². The summed E-state index contributed by atoms with van der Waals surface area (Å²) in [6.45, 7) is 0. The number of rotatable bonds is 3.